The number of piperidine rings is 1. The van der Waals surface area contributed by atoms with Gasteiger partial charge in [0.05, 0.1) is 0 Å². The SMILES string of the molecule is CN1CCC(CCc2cc(C(C)(C)C)ccn2)CC1. The molecule has 0 bridgehead atoms. The number of aryl methyl sites for hydroxylation is 1. The molecule has 0 spiro atoms. The first-order valence-corrected chi connectivity index (χ1v) is 7.59. The van der Waals surface area contributed by atoms with Gasteiger partial charge < -0.3 is 4.90 Å². The van der Waals surface area contributed by atoms with Crippen LogP contribution in [0.3, 0.4) is 0 Å². The molecule has 2 nitrogen and oxygen atoms in total. The van der Waals surface area contributed by atoms with E-state index in [0.717, 1.165) is 12.3 Å². The topological polar surface area (TPSA) is 16.1 Å². The van der Waals surface area contributed by atoms with Crippen molar-refractivity contribution in [1.29, 1.82) is 0 Å². The van der Waals surface area contributed by atoms with Gasteiger partial charge in [-0.2, -0.15) is 0 Å². The summed E-state index contributed by atoms with van der Waals surface area (Å²) in [5, 5.41) is 0. The molecule has 2 heteroatoms. The maximum absolute atomic E-state index is 4.54. The van der Waals surface area contributed by atoms with Crippen molar-refractivity contribution in [2.45, 2.75) is 51.9 Å². The zero-order valence-corrected chi connectivity index (χ0v) is 12.9. The average Bonchev–Trinajstić information content (AvgIpc) is 2.37. The number of likely N-dealkylation sites (tertiary alicyclic amines) is 1. The Morgan fingerprint density at radius 3 is 2.58 bits per heavy atom. The lowest BCUT2D eigenvalue weighted by atomic mass is 9.86. The molecule has 1 aromatic rings. The minimum atomic E-state index is 0.227. The summed E-state index contributed by atoms with van der Waals surface area (Å²) in [5.41, 5.74) is 2.90. The van der Waals surface area contributed by atoms with Gasteiger partial charge in [0, 0.05) is 11.9 Å². The Hall–Kier alpha value is -0.890. The zero-order valence-electron chi connectivity index (χ0n) is 12.9. The largest absolute Gasteiger partial charge is 0.306 e. The van der Waals surface area contributed by atoms with E-state index < -0.39 is 0 Å². The number of hydrogen-bond acceptors (Lipinski definition) is 2. The molecule has 1 aliphatic rings. The molecule has 2 heterocycles. The smallest absolute Gasteiger partial charge is 0.0406 e. The molecule has 19 heavy (non-hydrogen) atoms. The van der Waals surface area contributed by atoms with Crippen molar-refractivity contribution in [3.05, 3.63) is 29.6 Å². The molecule has 0 aliphatic carbocycles. The first-order chi connectivity index (χ1) is 8.95. The van der Waals surface area contributed by atoms with E-state index in [-0.39, 0.29) is 5.41 Å². The maximum atomic E-state index is 4.54. The van der Waals surface area contributed by atoms with Crippen LogP contribution in [0.1, 0.15) is 51.3 Å². The van der Waals surface area contributed by atoms with Crippen LogP contribution in [0.15, 0.2) is 18.3 Å². The highest BCUT2D eigenvalue weighted by Gasteiger charge is 2.17. The van der Waals surface area contributed by atoms with Crippen molar-refractivity contribution >= 4 is 0 Å². The number of nitrogens with zero attached hydrogens (tertiary/aromatic N) is 2. The fraction of sp³-hybridized carbons (Fsp3) is 0.706. The summed E-state index contributed by atoms with van der Waals surface area (Å²) in [6.07, 6.45) is 7.13. The molecule has 1 fully saturated rings. The first-order valence-electron chi connectivity index (χ1n) is 7.59. The summed E-state index contributed by atoms with van der Waals surface area (Å²) in [4.78, 5) is 6.98. The molecule has 0 N–H and O–H groups in total. The second-order valence-corrected chi connectivity index (χ2v) is 7.07. The molecule has 0 unspecified atom stereocenters. The van der Waals surface area contributed by atoms with Crippen molar-refractivity contribution in [2.24, 2.45) is 5.92 Å². The lowest BCUT2D eigenvalue weighted by molar-refractivity contribution is 0.212. The molecule has 1 aliphatic heterocycles. The molecule has 1 aromatic heterocycles. The van der Waals surface area contributed by atoms with Gasteiger partial charge in [0.15, 0.2) is 0 Å². The summed E-state index contributed by atoms with van der Waals surface area (Å²) in [5.74, 6) is 0.899. The Labute approximate surface area is 118 Å². The third-order valence-electron chi connectivity index (χ3n) is 4.33. The van der Waals surface area contributed by atoms with E-state index >= 15 is 0 Å². The monoisotopic (exact) mass is 260 g/mol. The van der Waals surface area contributed by atoms with E-state index in [9.17, 15) is 0 Å². The van der Waals surface area contributed by atoms with E-state index in [0.29, 0.717) is 0 Å². The van der Waals surface area contributed by atoms with Crippen LogP contribution in [0.25, 0.3) is 0 Å². The fourth-order valence-electron chi connectivity index (χ4n) is 2.78. The van der Waals surface area contributed by atoms with Crippen LogP contribution in [0.2, 0.25) is 0 Å². The Bertz CT molecular complexity index is 398. The third kappa shape index (κ3) is 4.31. The van der Waals surface area contributed by atoms with Crippen molar-refractivity contribution < 1.29 is 0 Å². The molecule has 0 saturated carbocycles. The van der Waals surface area contributed by atoms with Crippen LogP contribution in [0.5, 0.6) is 0 Å². The van der Waals surface area contributed by atoms with Gasteiger partial charge in [-0.15, -0.1) is 0 Å². The third-order valence-corrected chi connectivity index (χ3v) is 4.33. The van der Waals surface area contributed by atoms with Gasteiger partial charge >= 0.3 is 0 Å². The molecule has 0 aromatic carbocycles. The maximum Gasteiger partial charge on any atom is 0.0406 e. The van der Waals surface area contributed by atoms with E-state index in [1.165, 1.54) is 43.6 Å². The Kier molecular flexibility index (Phi) is 4.62. The summed E-state index contributed by atoms with van der Waals surface area (Å²) in [7, 11) is 2.23. The highest BCUT2D eigenvalue weighted by Crippen LogP contribution is 2.24. The Morgan fingerprint density at radius 1 is 1.26 bits per heavy atom. The van der Waals surface area contributed by atoms with E-state index in [1.54, 1.807) is 0 Å². The van der Waals surface area contributed by atoms with Crippen LogP contribution in [0.4, 0.5) is 0 Å². The van der Waals surface area contributed by atoms with Gasteiger partial charge in [0.25, 0.3) is 0 Å². The number of hydrogen-bond donors (Lipinski definition) is 0. The average molecular weight is 260 g/mol. The highest BCUT2D eigenvalue weighted by atomic mass is 15.1. The van der Waals surface area contributed by atoms with Crippen molar-refractivity contribution in [3.8, 4) is 0 Å². The van der Waals surface area contributed by atoms with Crippen LogP contribution in [-0.4, -0.2) is 30.0 Å². The second kappa shape index (κ2) is 6.04. The van der Waals surface area contributed by atoms with Crippen LogP contribution < -0.4 is 0 Å². The normalized spacial score (nSPS) is 18.7. The predicted molar refractivity (Wildman–Crippen MR) is 81.5 cm³/mol. The Balaban J connectivity index is 1.89. The lowest BCUT2D eigenvalue weighted by Gasteiger charge is -2.28. The minimum Gasteiger partial charge on any atom is -0.306 e. The number of pyridine rings is 1. The predicted octanol–water partition coefficient (Wildman–Crippen LogP) is 3.65. The molecule has 0 radical (unpaired) electrons. The molecule has 1 saturated heterocycles. The lowest BCUT2D eigenvalue weighted by Crippen LogP contribution is -2.30. The molecular weight excluding hydrogens is 232 g/mol. The molecule has 2 rings (SSSR count). The van der Waals surface area contributed by atoms with Crippen molar-refractivity contribution in [1.82, 2.24) is 9.88 Å². The van der Waals surface area contributed by atoms with Gasteiger partial charge in [-0.1, -0.05) is 20.8 Å². The van der Waals surface area contributed by atoms with Gasteiger partial charge in [-0.05, 0) is 74.8 Å². The van der Waals surface area contributed by atoms with Gasteiger partial charge in [0.1, 0.15) is 0 Å². The summed E-state index contributed by atoms with van der Waals surface area (Å²) >= 11 is 0. The number of rotatable bonds is 3. The first kappa shape index (κ1) is 14.5. The van der Waals surface area contributed by atoms with Crippen molar-refractivity contribution in [2.75, 3.05) is 20.1 Å². The summed E-state index contributed by atoms with van der Waals surface area (Å²) in [6.45, 7) is 9.33. The molecular formula is C17H28N2. The molecule has 0 atom stereocenters. The minimum absolute atomic E-state index is 0.227. The van der Waals surface area contributed by atoms with Gasteiger partial charge in [-0.3, -0.25) is 4.98 Å². The summed E-state index contributed by atoms with van der Waals surface area (Å²) in [6, 6.07) is 4.45. The molecule has 0 amide bonds. The standard InChI is InChI=1S/C17H28N2/c1-17(2,3)15-7-10-18-16(13-15)6-5-14-8-11-19(4)12-9-14/h7,10,13-14H,5-6,8-9,11-12H2,1-4H3. The van der Waals surface area contributed by atoms with E-state index in [1.807, 2.05) is 6.20 Å². The summed E-state index contributed by atoms with van der Waals surface area (Å²) < 4.78 is 0. The quantitative estimate of drug-likeness (QED) is 0.824. The second-order valence-electron chi connectivity index (χ2n) is 7.07. The van der Waals surface area contributed by atoms with Crippen LogP contribution in [0, 0.1) is 5.92 Å². The van der Waals surface area contributed by atoms with Gasteiger partial charge in [-0.25, -0.2) is 0 Å². The van der Waals surface area contributed by atoms with Crippen molar-refractivity contribution in [3.63, 3.8) is 0 Å². The Morgan fingerprint density at radius 2 is 1.95 bits per heavy atom. The zero-order chi connectivity index (χ0) is 13.9. The van der Waals surface area contributed by atoms with E-state index in [4.69, 9.17) is 0 Å². The highest BCUT2D eigenvalue weighted by molar-refractivity contribution is 5.23. The number of aromatic nitrogens is 1. The van der Waals surface area contributed by atoms with Crippen LogP contribution in [-0.2, 0) is 11.8 Å². The van der Waals surface area contributed by atoms with Gasteiger partial charge in [0.2, 0.25) is 0 Å². The molecule has 106 valence electrons. The van der Waals surface area contributed by atoms with E-state index in [2.05, 4.69) is 49.8 Å². The van der Waals surface area contributed by atoms with Crippen LogP contribution >= 0.6 is 0 Å². The fourth-order valence-corrected chi connectivity index (χ4v) is 2.78.